The van der Waals surface area contributed by atoms with E-state index in [1.54, 1.807) is 42.5 Å². The van der Waals surface area contributed by atoms with Crippen LogP contribution in [0.5, 0.6) is 5.75 Å². The Morgan fingerprint density at radius 3 is 2.10 bits per heavy atom. The fraction of sp³-hybridized carbons (Fsp3) is 0.333. The second kappa shape index (κ2) is 13.6. The molecule has 0 radical (unpaired) electrons. The van der Waals surface area contributed by atoms with Gasteiger partial charge in [-0.25, -0.2) is 8.42 Å². The third-order valence-corrected chi connectivity index (χ3v) is 8.03. The molecule has 0 saturated carbocycles. The smallest absolute Gasteiger partial charge is 0.244 e. The van der Waals surface area contributed by atoms with Gasteiger partial charge in [-0.2, -0.15) is 0 Å². The van der Waals surface area contributed by atoms with Crippen LogP contribution in [0.1, 0.15) is 31.9 Å². The number of halogens is 2. The zero-order valence-electron chi connectivity index (χ0n) is 23.7. The van der Waals surface area contributed by atoms with Gasteiger partial charge in [0.1, 0.15) is 18.3 Å². The molecule has 41 heavy (non-hydrogen) atoms. The molecule has 8 nitrogen and oxygen atoms in total. The normalized spacial score (nSPS) is 12.4. The summed E-state index contributed by atoms with van der Waals surface area (Å²) in [4.78, 5) is 29.3. The molecule has 3 aromatic rings. The predicted molar refractivity (Wildman–Crippen MR) is 164 cm³/mol. The molecule has 0 aliphatic rings. The summed E-state index contributed by atoms with van der Waals surface area (Å²) in [5, 5.41) is 3.63. The summed E-state index contributed by atoms with van der Waals surface area (Å²) in [6.45, 7) is 5.02. The van der Waals surface area contributed by atoms with Crippen molar-refractivity contribution in [3.63, 3.8) is 0 Å². The number of carbonyl (C=O) groups excluding carboxylic acids is 2. The Morgan fingerprint density at radius 1 is 0.927 bits per heavy atom. The zero-order chi connectivity index (χ0) is 30.4. The minimum Gasteiger partial charge on any atom is -0.497 e. The van der Waals surface area contributed by atoms with Crippen molar-refractivity contribution in [3.8, 4) is 5.75 Å². The Hall–Kier alpha value is -3.27. The van der Waals surface area contributed by atoms with Gasteiger partial charge in [-0.15, -0.1) is 0 Å². The third kappa shape index (κ3) is 9.38. The first-order chi connectivity index (χ1) is 19.2. The number of nitrogens with zero attached hydrogens (tertiary/aromatic N) is 2. The van der Waals surface area contributed by atoms with Crippen molar-refractivity contribution in [2.45, 2.75) is 45.3 Å². The summed E-state index contributed by atoms with van der Waals surface area (Å²) in [5.74, 6) is -0.399. The van der Waals surface area contributed by atoms with Gasteiger partial charge in [0.05, 0.1) is 29.1 Å². The fourth-order valence-electron chi connectivity index (χ4n) is 4.20. The van der Waals surface area contributed by atoms with Crippen LogP contribution >= 0.6 is 23.2 Å². The SMILES string of the molecule is COc1ccc(N(CC(=O)N(Cc2ccc(Cl)c(Cl)c2)[C@H](Cc2ccccc2)C(=O)NC(C)(C)C)S(C)(=O)=O)cc1. The molecule has 0 unspecified atom stereocenters. The van der Waals surface area contributed by atoms with Gasteiger partial charge >= 0.3 is 0 Å². The highest BCUT2D eigenvalue weighted by atomic mass is 35.5. The molecule has 3 aromatic carbocycles. The van der Waals surface area contributed by atoms with Crippen molar-refractivity contribution in [3.05, 3.63) is 94.0 Å². The molecule has 0 bridgehead atoms. The van der Waals surface area contributed by atoms with Crippen molar-refractivity contribution < 1.29 is 22.7 Å². The van der Waals surface area contributed by atoms with Crippen LogP contribution in [0.4, 0.5) is 5.69 Å². The highest BCUT2D eigenvalue weighted by molar-refractivity contribution is 7.92. The van der Waals surface area contributed by atoms with Gasteiger partial charge in [-0.05, 0) is 68.3 Å². The van der Waals surface area contributed by atoms with Crippen LogP contribution in [0, 0.1) is 0 Å². The molecule has 1 atom stereocenters. The van der Waals surface area contributed by atoms with E-state index in [0.29, 0.717) is 21.4 Å². The number of rotatable bonds is 11. The lowest BCUT2D eigenvalue weighted by molar-refractivity contribution is -0.140. The highest BCUT2D eigenvalue weighted by Crippen LogP contribution is 2.26. The molecule has 2 amide bonds. The summed E-state index contributed by atoms with van der Waals surface area (Å²) in [6, 6.07) is 19.7. The minimum absolute atomic E-state index is 0.00893. The Labute approximate surface area is 252 Å². The number of sulfonamides is 1. The highest BCUT2D eigenvalue weighted by Gasteiger charge is 2.34. The number of ether oxygens (including phenoxy) is 1. The maximum Gasteiger partial charge on any atom is 0.244 e. The van der Waals surface area contributed by atoms with E-state index in [2.05, 4.69) is 5.32 Å². The van der Waals surface area contributed by atoms with Crippen LogP contribution in [0.15, 0.2) is 72.8 Å². The molecular weight excluding hydrogens is 585 g/mol. The van der Waals surface area contributed by atoms with Gasteiger partial charge in [-0.1, -0.05) is 59.6 Å². The second-order valence-corrected chi connectivity index (χ2v) is 13.4. The van der Waals surface area contributed by atoms with Crippen LogP contribution in [-0.4, -0.2) is 56.6 Å². The van der Waals surface area contributed by atoms with E-state index in [1.165, 1.54) is 12.0 Å². The van der Waals surface area contributed by atoms with Gasteiger partial charge in [0.25, 0.3) is 0 Å². The first-order valence-corrected chi connectivity index (χ1v) is 15.5. The number of nitrogens with one attached hydrogen (secondary N) is 1. The number of benzene rings is 3. The third-order valence-electron chi connectivity index (χ3n) is 6.15. The lowest BCUT2D eigenvalue weighted by Crippen LogP contribution is -2.56. The maximum absolute atomic E-state index is 14.1. The van der Waals surface area contributed by atoms with Crippen molar-refractivity contribution in [2.24, 2.45) is 0 Å². The number of hydrogen-bond donors (Lipinski definition) is 1. The molecule has 11 heteroatoms. The largest absolute Gasteiger partial charge is 0.497 e. The number of carbonyl (C=O) groups is 2. The standard InChI is InChI=1S/C30H35Cl2N3O5S/c1-30(2,3)33-29(37)27(18-21-9-7-6-8-10-21)34(19-22-11-16-25(31)26(32)17-22)28(36)20-35(41(5,38)39)23-12-14-24(40-4)15-13-23/h6-17,27H,18-20H2,1-5H3,(H,33,37)/t27-/m1/s1. The van der Waals surface area contributed by atoms with Crippen molar-refractivity contribution in [1.82, 2.24) is 10.2 Å². The van der Waals surface area contributed by atoms with E-state index in [1.807, 2.05) is 51.1 Å². The summed E-state index contributed by atoms with van der Waals surface area (Å²) in [7, 11) is -2.38. The van der Waals surface area contributed by atoms with Gasteiger partial charge < -0.3 is 15.0 Å². The average molecular weight is 621 g/mol. The van der Waals surface area contributed by atoms with E-state index >= 15 is 0 Å². The summed E-state index contributed by atoms with van der Waals surface area (Å²) in [6.07, 6.45) is 1.23. The Morgan fingerprint density at radius 2 is 1.56 bits per heavy atom. The van der Waals surface area contributed by atoms with E-state index in [-0.39, 0.29) is 24.6 Å². The Kier molecular flexibility index (Phi) is 10.7. The minimum atomic E-state index is -3.88. The molecule has 0 heterocycles. The van der Waals surface area contributed by atoms with Crippen LogP contribution in [-0.2, 0) is 32.6 Å². The van der Waals surface area contributed by atoms with E-state index in [9.17, 15) is 18.0 Å². The van der Waals surface area contributed by atoms with Gasteiger partial charge in [0.15, 0.2) is 0 Å². The topological polar surface area (TPSA) is 96.0 Å². The molecule has 0 fully saturated rings. The van der Waals surface area contributed by atoms with Crippen molar-refractivity contribution >= 4 is 50.7 Å². The molecule has 0 saturated heterocycles. The van der Waals surface area contributed by atoms with E-state index in [0.717, 1.165) is 16.1 Å². The number of hydrogen-bond acceptors (Lipinski definition) is 5. The summed E-state index contributed by atoms with van der Waals surface area (Å²) in [5.41, 5.74) is 1.18. The van der Waals surface area contributed by atoms with Crippen molar-refractivity contribution in [1.29, 1.82) is 0 Å². The monoisotopic (exact) mass is 619 g/mol. The Balaban J connectivity index is 2.08. The molecule has 220 valence electrons. The molecule has 0 spiro atoms. The van der Waals surface area contributed by atoms with Gasteiger partial charge in [0.2, 0.25) is 21.8 Å². The molecule has 1 N–H and O–H groups in total. The van der Waals surface area contributed by atoms with Crippen LogP contribution in [0.25, 0.3) is 0 Å². The summed E-state index contributed by atoms with van der Waals surface area (Å²) < 4.78 is 32.0. The molecular formula is C30H35Cl2N3O5S. The first-order valence-electron chi connectivity index (χ1n) is 12.9. The molecule has 0 aliphatic heterocycles. The molecule has 3 rings (SSSR count). The van der Waals surface area contributed by atoms with Crippen LogP contribution in [0.3, 0.4) is 0 Å². The molecule has 0 aromatic heterocycles. The predicted octanol–water partition coefficient (Wildman–Crippen LogP) is 5.32. The fourth-order valence-corrected chi connectivity index (χ4v) is 5.37. The number of amides is 2. The van der Waals surface area contributed by atoms with E-state index < -0.39 is 34.1 Å². The number of anilines is 1. The lowest BCUT2D eigenvalue weighted by atomic mass is 10.0. The lowest BCUT2D eigenvalue weighted by Gasteiger charge is -2.35. The average Bonchev–Trinajstić information content (AvgIpc) is 2.90. The van der Waals surface area contributed by atoms with Crippen molar-refractivity contribution in [2.75, 3.05) is 24.2 Å². The Bertz CT molecular complexity index is 1460. The quantitative estimate of drug-likeness (QED) is 0.313. The van der Waals surface area contributed by atoms with Gasteiger partial charge in [-0.3, -0.25) is 13.9 Å². The van der Waals surface area contributed by atoms with E-state index in [4.69, 9.17) is 27.9 Å². The second-order valence-electron chi connectivity index (χ2n) is 10.7. The maximum atomic E-state index is 14.1. The summed E-state index contributed by atoms with van der Waals surface area (Å²) >= 11 is 12.4. The molecule has 0 aliphatic carbocycles. The number of methoxy groups -OCH3 is 1. The van der Waals surface area contributed by atoms with Crippen LogP contribution < -0.4 is 14.4 Å². The van der Waals surface area contributed by atoms with Crippen LogP contribution in [0.2, 0.25) is 10.0 Å². The zero-order valence-corrected chi connectivity index (χ0v) is 26.1. The first kappa shape index (κ1) is 32.2. The van der Waals surface area contributed by atoms with Gasteiger partial charge in [0, 0.05) is 18.5 Å².